The van der Waals surface area contributed by atoms with Gasteiger partial charge in [0.05, 0.1) is 6.04 Å². The van der Waals surface area contributed by atoms with Gasteiger partial charge >= 0.3 is 0 Å². The molecule has 3 rings (SSSR count). The lowest BCUT2D eigenvalue weighted by Gasteiger charge is -2.33. The molecule has 0 spiro atoms. The Morgan fingerprint density at radius 2 is 2.07 bits per heavy atom. The predicted molar refractivity (Wildman–Crippen MR) is 63.3 cm³/mol. The van der Waals surface area contributed by atoms with Crippen molar-refractivity contribution in [1.29, 1.82) is 0 Å². The van der Waals surface area contributed by atoms with Crippen LogP contribution in [0.25, 0.3) is 6.08 Å². The molecule has 2 aliphatic heterocycles. The van der Waals surface area contributed by atoms with Gasteiger partial charge in [0.2, 0.25) is 0 Å². The number of benzene rings is 1. The highest BCUT2D eigenvalue weighted by molar-refractivity contribution is 5.57. The first-order chi connectivity index (χ1) is 7.45. The molecular formula is C14H15N. The van der Waals surface area contributed by atoms with Gasteiger partial charge < -0.3 is 4.90 Å². The lowest BCUT2D eigenvalue weighted by molar-refractivity contribution is 0.290. The molecular weight excluding hydrogens is 182 g/mol. The van der Waals surface area contributed by atoms with Crippen molar-refractivity contribution in [3.63, 3.8) is 0 Å². The van der Waals surface area contributed by atoms with E-state index in [4.69, 9.17) is 0 Å². The largest absolute Gasteiger partial charge is 0.370 e. The minimum atomic E-state index is 0.560. The van der Waals surface area contributed by atoms with Crippen molar-refractivity contribution >= 4 is 6.08 Å². The van der Waals surface area contributed by atoms with Gasteiger partial charge in [-0.25, -0.2) is 0 Å². The van der Waals surface area contributed by atoms with Gasteiger partial charge in [-0.15, -0.1) is 0 Å². The van der Waals surface area contributed by atoms with Gasteiger partial charge in [0.15, 0.2) is 0 Å². The van der Waals surface area contributed by atoms with E-state index in [1.165, 1.54) is 17.5 Å². The van der Waals surface area contributed by atoms with Gasteiger partial charge in [-0.1, -0.05) is 36.4 Å². The smallest absolute Gasteiger partial charge is 0.0577 e. The maximum Gasteiger partial charge on any atom is 0.0577 e. The van der Waals surface area contributed by atoms with Gasteiger partial charge in [0.1, 0.15) is 0 Å². The first-order valence-corrected chi connectivity index (χ1v) is 5.63. The normalized spacial score (nSPS) is 23.2. The summed E-state index contributed by atoms with van der Waals surface area (Å²) in [6.45, 7) is 1.14. The molecule has 76 valence electrons. The Balaban J connectivity index is 2.05. The van der Waals surface area contributed by atoms with Gasteiger partial charge in [0, 0.05) is 12.7 Å². The van der Waals surface area contributed by atoms with Crippen LogP contribution >= 0.6 is 0 Å². The van der Waals surface area contributed by atoms with Crippen LogP contribution in [0.2, 0.25) is 0 Å². The topological polar surface area (TPSA) is 3.24 Å². The number of nitrogens with zero attached hydrogens (tertiary/aromatic N) is 1. The Morgan fingerprint density at radius 3 is 3.07 bits per heavy atom. The molecule has 0 saturated heterocycles. The molecule has 1 aromatic rings. The highest BCUT2D eigenvalue weighted by atomic mass is 15.1. The first kappa shape index (κ1) is 8.78. The maximum atomic E-state index is 2.46. The fourth-order valence-corrected chi connectivity index (χ4v) is 2.48. The molecule has 0 radical (unpaired) electrons. The van der Waals surface area contributed by atoms with Crippen molar-refractivity contribution in [2.75, 3.05) is 6.54 Å². The summed E-state index contributed by atoms with van der Waals surface area (Å²) < 4.78 is 0. The molecule has 1 nitrogen and oxygen atoms in total. The molecule has 2 aliphatic rings. The second-order valence-electron chi connectivity index (χ2n) is 4.19. The van der Waals surface area contributed by atoms with Crippen LogP contribution in [0.3, 0.4) is 0 Å². The third-order valence-corrected chi connectivity index (χ3v) is 3.28. The van der Waals surface area contributed by atoms with Crippen LogP contribution in [-0.2, 0) is 0 Å². The fourth-order valence-electron chi connectivity index (χ4n) is 2.48. The van der Waals surface area contributed by atoms with E-state index >= 15 is 0 Å². The summed E-state index contributed by atoms with van der Waals surface area (Å²) in [6, 6.07) is 9.29. The SMILES string of the molecule is C1=CCC2c3ccccc3C=CN2CC1. The molecule has 0 N–H and O–H groups in total. The van der Waals surface area contributed by atoms with E-state index in [0.717, 1.165) is 13.0 Å². The van der Waals surface area contributed by atoms with Crippen molar-refractivity contribution in [3.05, 3.63) is 53.7 Å². The van der Waals surface area contributed by atoms with E-state index < -0.39 is 0 Å². The van der Waals surface area contributed by atoms with Crippen LogP contribution in [0.1, 0.15) is 30.0 Å². The molecule has 1 unspecified atom stereocenters. The van der Waals surface area contributed by atoms with Crippen LogP contribution in [0, 0.1) is 0 Å². The molecule has 2 heterocycles. The van der Waals surface area contributed by atoms with Gasteiger partial charge in [0.25, 0.3) is 0 Å². The van der Waals surface area contributed by atoms with E-state index in [0.29, 0.717) is 6.04 Å². The van der Waals surface area contributed by atoms with Crippen LogP contribution in [0.5, 0.6) is 0 Å². The Labute approximate surface area is 90.7 Å². The molecule has 0 bridgehead atoms. The monoisotopic (exact) mass is 197 g/mol. The molecule has 1 aromatic carbocycles. The zero-order valence-corrected chi connectivity index (χ0v) is 8.76. The third kappa shape index (κ3) is 1.48. The summed E-state index contributed by atoms with van der Waals surface area (Å²) in [5, 5.41) is 0. The average molecular weight is 197 g/mol. The summed E-state index contributed by atoms with van der Waals surface area (Å²) in [6.07, 6.45) is 11.4. The van der Waals surface area contributed by atoms with Crippen molar-refractivity contribution in [2.24, 2.45) is 0 Å². The lowest BCUT2D eigenvalue weighted by atomic mass is 9.94. The Hall–Kier alpha value is -1.50. The average Bonchev–Trinajstić information content (AvgIpc) is 2.54. The van der Waals surface area contributed by atoms with Crippen molar-refractivity contribution < 1.29 is 0 Å². The van der Waals surface area contributed by atoms with E-state index in [1.54, 1.807) is 0 Å². The summed E-state index contributed by atoms with van der Waals surface area (Å²) in [5.41, 5.74) is 2.86. The first-order valence-electron chi connectivity index (χ1n) is 5.63. The van der Waals surface area contributed by atoms with Crippen molar-refractivity contribution in [1.82, 2.24) is 4.90 Å². The minimum Gasteiger partial charge on any atom is -0.370 e. The van der Waals surface area contributed by atoms with Gasteiger partial charge in [-0.3, -0.25) is 0 Å². The Kier molecular flexibility index (Phi) is 2.09. The molecule has 0 saturated carbocycles. The zero-order valence-electron chi connectivity index (χ0n) is 8.76. The van der Waals surface area contributed by atoms with Crippen LogP contribution in [0.4, 0.5) is 0 Å². The second-order valence-corrected chi connectivity index (χ2v) is 4.19. The van der Waals surface area contributed by atoms with E-state index in [2.05, 4.69) is 53.6 Å². The van der Waals surface area contributed by atoms with Crippen LogP contribution < -0.4 is 0 Å². The summed E-state index contributed by atoms with van der Waals surface area (Å²) >= 11 is 0. The molecule has 0 amide bonds. The zero-order chi connectivity index (χ0) is 10.1. The fraction of sp³-hybridized carbons (Fsp3) is 0.286. The van der Waals surface area contributed by atoms with Crippen molar-refractivity contribution in [2.45, 2.75) is 18.9 Å². The maximum absolute atomic E-state index is 2.46. The highest BCUT2D eigenvalue weighted by Gasteiger charge is 2.22. The van der Waals surface area contributed by atoms with Gasteiger partial charge in [-0.2, -0.15) is 0 Å². The summed E-state index contributed by atoms with van der Waals surface area (Å²) in [4.78, 5) is 2.46. The summed E-state index contributed by atoms with van der Waals surface area (Å²) in [7, 11) is 0. The highest BCUT2D eigenvalue weighted by Crippen LogP contribution is 2.34. The summed E-state index contributed by atoms with van der Waals surface area (Å²) in [5.74, 6) is 0. The quantitative estimate of drug-likeness (QED) is 0.576. The molecule has 0 aromatic heterocycles. The standard InChI is InChI=1S/C14H15N/c1-2-8-14-13-7-4-3-6-12(13)9-11-15(14)10-5-1/h1-4,6-7,9,11,14H,5,8,10H2. The lowest BCUT2D eigenvalue weighted by Crippen LogP contribution is -2.26. The molecule has 15 heavy (non-hydrogen) atoms. The number of fused-ring (bicyclic) bond motifs is 3. The van der Waals surface area contributed by atoms with E-state index in [9.17, 15) is 0 Å². The minimum absolute atomic E-state index is 0.560. The number of hydrogen-bond donors (Lipinski definition) is 0. The number of rotatable bonds is 0. The Bertz CT molecular complexity index is 417. The molecule has 0 fully saturated rings. The van der Waals surface area contributed by atoms with Crippen molar-refractivity contribution in [3.8, 4) is 0 Å². The Morgan fingerprint density at radius 1 is 1.13 bits per heavy atom. The molecule has 1 heteroatoms. The van der Waals surface area contributed by atoms with Gasteiger partial charge in [-0.05, 0) is 30.0 Å². The van der Waals surface area contributed by atoms with E-state index in [1.807, 2.05) is 0 Å². The second kappa shape index (κ2) is 3.58. The molecule has 0 aliphatic carbocycles. The molecule has 1 atom stereocenters. The third-order valence-electron chi connectivity index (χ3n) is 3.28. The predicted octanol–water partition coefficient (Wildman–Crippen LogP) is 3.36. The van der Waals surface area contributed by atoms with Crippen LogP contribution in [0.15, 0.2) is 42.6 Å². The van der Waals surface area contributed by atoms with E-state index in [-0.39, 0.29) is 0 Å². The van der Waals surface area contributed by atoms with Crippen LogP contribution in [-0.4, -0.2) is 11.4 Å². The number of hydrogen-bond acceptors (Lipinski definition) is 1.